The third-order valence-corrected chi connectivity index (χ3v) is 10.2. The summed E-state index contributed by atoms with van der Waals surface area (Å²) in [6.45, 7) is 9.74. The topological polar surface area (TPSA) is 115 Å². The highest BCUT2D eigenvalue weighted by Gasteiger charge is 2.52. The van der Waals surface area contributed by atoms with Gasteiger partial charge in [0, 0.05) is 38.6 Å². The summed E-state index contributed by atoms with van der Waals surface area (Å²) in [5, 5.41) is 14.5. The van der Waals surface area contributed by atoms with Crippen LogP contribution in [0.4, 0.5) is 9.18 Å². The molecule has 1 saturated carbocycles. The summed E-state index contributed by atoms with van der Waals surface area (Å²) in [6.07, 6.45) is 1.83. The number of fused-ring (bicyclic) bond motifs is 3. The van der Waals surface area contributed by atoms with Crippen molar-refractivity contribution in [2.45, 2.75) is 76.2 Å². The molecule has 1 N–H and O–H groups in total. The molecule has 3 amide bonds. The van der Waals surface area contributed by atoms with Crippen LogP contribution in [0.15, 0.2) is 29.6 Å². The molecule has 4 fully saturated rings. The van der Waals surface area contributed by atoms with Gasteiger partial charge in [0.1, 0.15) is 23.5 Å². The van der Waals surface area contributed by atoms with Crippen molar-refractivity contribution < 1.29 is 28.2 Å². The lowest BCUT2D eigenvalue weighted by atomic mass is 9.97. The van der Waals surface area contributed by atoms with Crippen molar-refractivity contribution in [3.8, 4) is 17.2 Å². The van der Waals surface area contributed by atoms with Crippen molar-refractivity contribution in [1.29, 1.82) is 5.26 Å². The SMILES string of the molecule is CC(C)(C)OC(=O)N1[C@@H]2CC[C@@H](C2)[C@H]1C(=O)N[C@H](C#N)Cc1ccc(-c2csc(C(=O)N3CCN4CCOCC4C3)c2)cc1F. The highest BCUT2D eigenvalue weighted by molar-refractivity contribution is 7.12. The fourth-order valence-electron chi connectivity index (χ4n) is 7.09. The van der Waals surface area contributed by atoms with Gasteiger partial charge in [0.2, 0.25) is 5.91 Å². The second-order valence-corrected chi connectivity index (χ2v) is 14.4. The van der Waals surface area contributed by atoms with E-state index in [1.165, 1.54) is 22.3 Å². The van der Waals surface area contributed by atoms with Gasteiger partial charge in [-0.2, -0.15) is 5.26 Å². The van der Waals surface area contributed by atoms with E-state index in [1.54, 1.807) is 39.0 Å². The maximum Gasteiger partial charge on any atom is 0.411 e. The predicted octanol–water partition coefficient (Wildman–Crippen LogP) is 4.05. The Morgan fingerprint density at radius 2 is 1.98 bits per heavy atom. The maximum absolute atomic E-state index is 15.4. The van der Waals surface area contributed by atoms with E-state index < -0.39 is 35.5 Å². The molecule has 240 valence electrons. The van der Waals surface area contributed by atoms with Gasteiger partial charge in [-0.05, 0) is 80.2 Å². The third-order valence-electron chi connectivity index (χ3n) is 9.28. The molecule has 1 unspecified atom stereocenters. The molecule has 2 aromatic rings. The van der Waals surface area contributed by atoms with Crippen molar-refractivity contribution >= 4 is 29.2 Å². The number of hydrogen-bond acceptors (Lipinski definition) is 8. The second kappa shape index (κ2) is 12.7. The van der Waals surface area contributed by atoms with Crippen molar-refractivity contribution in [1.82, 2.24) is 20.0 Å². The van der Waals surface area contributed by atoms with E-state index in [-0.39, 0.29) is 30.3 Å². The van der Waals surface area contributed by atoms with Crippen LogP contribution in [0.3, 0.4) is 0 Å². The van der Waals surface area contributed by atoms with Gasteiger partial charge in [-0.15, -0.1) is 11.3 Å². The molecule has 45 heavy (non-hydrogen) atoms. The van der Waals surface area contributed by atoms with Gasteiger partial charge in [-0.25, -0.2) is 9.18 Å². The smallest absolute Gasteiger partial charge is 0.411 e. The van der Waals surface area contributed by atoms with Crippen LogP contribution in [0.25, 0.3) is 11.1 Å². The summed E-state index contributed by atoms with van der Waals surface area (Å²) in [5.74, 6) is -0.928. The van der Waals surface area contributed by atoms with Gasteiger partial charge in [-0.1, -0.05) is 12.1 Å². The minimum absolute atomic E-state index is 0.00569. The number of carbonyl (C=O) groups excluding carboxylic acids is 3. The minimum atomic E-state index is -0.974. The Bertz CT molecular complexity index is 1500. The number of nitrogens with zero attached hydrogens (tertiary/aromatic N) is 4. The number of halogens is 1. The summed E-state index contributed by atoms with van der Waals surface area (Å²) in [6, 6.07) is 7.15. The summed E-state index contributed by atoms with van der Waals surface area (Å²) >= 11 is 1.34. The third kappa shape index (κ3) is 6.71. The molecule has 2 bridgehead atoms. The number of carbonyl (C=O) groups is 3. The number of piperidine rings is 1. The number of morpholine rings is 1. The van der Waals surface area contributed by atoms with E-state index in [1.807, 2.05) is 10.3 Å². The monoisotopic (exact) mass is 637 g/mol. The maximum atomic E-state index is 15.4. The number of hydrogen-bond donors (Lipinski definition) is 1. The molecule has 6 rings (SSSR count). The van der Waals surface area contributed by atoms with Crippen LogP contribution < -0.4 is 5.32 Å². The number of ether oxygens (including phenoxy) is 2. The van der Waals surface area contributed by atoms with Crippen LogP contribution in [-0.4, -0.2) is 102 Å². The average molecular weight is 638 g/mol. The van der Waals surface area contributed by atoms with E-state index in [0.717, 1.165) is 44.5 Å². The second-order valence-electron chi connectivity index (χ2n) is 13.5. The number of benzene rings is 1. The van der Waals surface area contributed by atoms with Crippen LogP contribution in [-0.2, 0) is 20.7 Å². The van der Waals surface area contributed by atoms with Crippen LogP contribution in [0.2, 0.25) is 0 Å². The Morgan fingerprint density at radius 3 is 2.73 bits per heavy atom. The molecule has 5 atom stereocenters. The van der Waals surface area contributed by atoms with E-state index in [0.29, 0.717) is 35.7 Å². The van der Waals surface area contributed by atoms with Gasteiger partial charge in [0.05, 0.1) is 30.2 Å². The van der Waals surface area contributed by atoms with Crippen LogP contribution in [0.1, 0.15) is 55.3 Å². The summed E-state index contributed by atoms with van der Waals surface area (Å²) in [5.41, 5.74) is 0.975. The fraction of sp³-hybridized carbons (Fsp3) is 0.576. The highest BCUT2D eigenvalue weighted by Crippen LogP contribution is 2.43. The van der Waals surface area contributed by atoms with E-state index >= 15 is 4.39 Å². The number of amides is 3. The lowest BCUT2D eigenvalue weighted by Crippen LogP contribution is -2.59. The van der Waals surface area contributed by atoms with Crippen LogP contribution in [0.5, 0.6) is 0 Å². The fourth-order valence-corrected chi connectivity index (χ4v) is 7.97. The quantitative estimate of drug-likeness (QED) is 0.508. The largest absolute Gasteiger partial charge is 0.444 e. The number of nitriles is 1. The molecule has 4 aliphatic rings. The first kappa shape index (κ1) is 31.5. The van der Waals surface area contributed by atoms with Gasteiger partial charge >= 0.3 is 6.09 Å². The first-order chi connectivity index (χ1) is 21.5. The minimum Gasteiger partial charge on any atom is -0.444 e. The molecule has 0 radical (unpaired) electrons. The number of thiophene rings is 1. The standard InChI is InChI=1S/C33H40FN5O5S/c1-33(2,3)44-32(42)39-25-7-6-22(13-25)29(39)30(40)36-24(16-35)12-21-5-4-20(14-27(21)34)23-15-28(45-19-23)31(41)38-9-8-37-10-11-43-18-26(37)17-38/h4-5,14-15,19,22,24-26,29H,6-13,17-18H2,1-3H3,(H,36,40)/t22-,24-,25+,26?,29-/m0/s1. The zero-order valence-electron chi connectivity index (χ0n) is 26.0. The molecular weight excluding hydrogens is 597 g/mol. The Hall–Kier alpha value is -3.53. The number of piperazine rings is 1. The van der Waals surface area contributed by atoms with E-state index in [2.05, 4.69) is 16.3 Å². The molecule has 0 spiro atoms. The van der Waals surface area contributed by atoms with Crippen LogP contribution >= 0.6 is 11.3 Å². The number of likely N-dealkylation sites (tertiary alicyclic amines) is 1. The summed E-state index contributed by atoms with van der Waals surface area (Å²) in [4.78, 5) is 46.0. The van der Waals surface area contributed by atoms with Crippen molar-refractivity contribution in [3.05, 3.63) is 45.9 Å². The van der Waals surface area contributed by atoms with Crippen molar-refractivity contribution in [2.75, 3.05) is 39.4 Å². The Kier molecular flexibility index (Phi) is 8.87. The molecule has 10 nitrogen and oxygen atoms in total. The molecule has 3 saturated heterocycles. The van der Waals surface area contributed by atoms with Crippen molar-refractivity contribution in [2.24, 2.45) is 5.92 Å². The normalized spacial score (nSPS) is 25.4. The molecule has 1 aromatic heterocycles. The molecule has 3 aliphatic heterocycles. The molecule has 12 heteroatoms. The van der Waals surface area contributed by atoms with E-state index in [9.17, 15) is 19.6 Å². The number of rotatable bonds is 6. The zero-order chi connectivity index (χ0) is 31.9. The molecule has 1 aromatic carbocycles. The predicted molar refractivity (Wildman–Crippen MR) is 166 cm³/mol. The summed E-state index contributed by atoms with van der Waals surface area (Å²) in [7, 11) is 0. The Labute approximate surface area is 267 Å². The highest BCUT2D eigenvalue weighted by atomic mass is 32.1. The van der Waals surface area contributed by atoms with Gasteiger partial charge in [0.25, 0.3) is 5.91 Å². The summed E-state index contributed by atoms with van der Waals surface area (Å²) < 4.78 is 26.5. The zero-order valence-corrected chi connectivity index (χ0v) is 26.8. The van der Waals surface area contributed by atoms with Crippen molar-refractivity contribution in [3.63, 3.8) is 0 Å². The lowest BCUT2D eigenvalue weighted by Gasteiger charge is -2.43. The number of nitrogens with one attached hydrogen (secondary N) is 1. The molecule has 1 aliphatic carbocycles. The van der Waals surface area contributed by atoms with E-state index in [4.69, 9.17) is 9.47 Å². The first-order valence-corrected chi connectivity index (χ1v) is 16.6. The van der Waals surface area contributed by atoms with Gasteiger partial charge in [-0.3, -0.25) is 19.4 Å². The molecular formula is C33H40FN5O5S. The van der Waals surface area contributed by atoms with Gasteiger partial charge in [0.15, 0.2) is 0 Å². The molecule has 4 heterocycles. The Morgan fingerprint density at radius 1 is 1.16 bits per heavy atom. The Balaban J connectivity index is 1.09. The first-order valence-electron chi connectivity index (χ1n) is 15.7. The van der Waals surface area contributed by atoms with Gasteiger partial charge < -0.3 is 19.7 Å². The lowest BCUT2D eigenvalue weighted by molar-refractivity contribution is -0.128. The van der Waals surface area contributed by atoms with Crippen LogP contribution in [0, 0.1) is 23.1 Å². The average Bonchev–Trinajstić information content (AvgIpc) is 3.77.